The maximum absolute atomic E-state index is 9.66. The Bertz CT molecular complexity index is 915. The predicted octanol–water partition coefficient (Wildman–Crippen LogP) is 2.72. The van der Waals surface area contributed by atoms with E-state index in [0.717, 1.165) is 48.5 Å². The maximum Gasteiger partial charge on any atom is 0.223 e. The number of nitrogens with one attached hydrogen (secondary N) is 2. The number of hydrogen-bond acceptors (Lipinski definition) is 7. The van der Waals surface area contributed by atoms with Crippen LogP contribution in [0, 0.1) is 0 Å². The Balaban J connectivity index is 1.60. The predicted molar refractivity (Wildman–Crippen MR) is 105 cm³/mol. The summed E-state index contributed by atoms with van der Waals surface area (Å²) in [6.07, 6.45) is 10.6. The van der Waals surface area contributed by atoms with Gasteiger partial charge in [0.05, 0.1) is 23.7 Å². The number of nitrogens with zero attached hydrogens (tertiary/aromatic N) is 5. The summed E-state index contributed by atoms with van der Waals surface area (Å²) < 4.78 is 1.99. The van der Waals surface area contributed by atoms with Gasteiger partial charge in [0.1, 0.15) is 0 Å². The Labute approximate surface area is 158 Å². The van der Waals surface area contributed by atoms with Crippen LogP contribution in [0.15, 0.2) is 30.9 Å². The van der Waals surface area contributed by atoms with Gasteiger partial charge in [-0.3, -0.25) is 4.40 Å². The lowest BCUT2D eigenvalue weighted by Gasteiger charge is -2.26. The van der Waals surface area contributed by atoms with Gasteiger partial charge in [0, 0.05) is 30.7 Å². The summed E-state index contributed by atoms with van der Waals surface area (Å²) in [4.78, 5) is 18.0. The molecular weight excluding hydrogens is 342 g/mol. The van der Waals surface area contributed by atoms with Crippen molar-refractivity contribution in [3.8, 4) is 11.4 Å². The molecule has 3 aromatic heterocycles. The molecule has 0 atom stereocenters. The highest BCUT2D eigenvalue weighted by Crippen LogP contribution is 2.24. The lowest BCUT2D eigenvalue weighted by molar-refractivity contribution is 0.126. The highest BCUT2D eigenvalue weighted by Gasteiger charge is 2.20. The van der Waals surface area contributed by atoms with Crippen molar-refractivity contribution in [2.45, 2.75) is 57.7 Å². The summed E-state index contributed by atoms with van der Waals surface area (Å²) in [5.41, 5.74) is 2.47. The molecule has 0 unspecified atom stereocenters. The fourth-order valence-corrected chi connectivity index (χ4v) is 3.46. The van der Waals surface area contributed by atoms with Crippen LogP contribution in [-0.4, -0.2) is 47.6 Å². The molecule has 0 aliphatic heterocycles. The molecule has 1 aliphatic carbocycles. The molecule has 3 heterocycles. The van der Waals surface area contributed by atoms with Crippen molar-refractivity contribution < 1.29 is 5.11 Å². The molecule has 0 radical (unpaired) electrons. The average Bonchev–Trinajstić information content (AvgIpc) is 3.09. The average molecular weight is 367 g/mol. The van der Waals surface area contributed by atoms with Gasteiger partial charge in [0.15, 0.2) is 11.5 Å². The number of aliphatic hydroxyl groups excluding tert-OH is 1. The van der Waals surface area contributed by atoms with Gasteiger partial charge in [-0.1, -0.05) is 0 Å². The Morgan fingerprint density at radius 1 is 1.11 bits per heavy atom. The standard InChI is InChI=1S/C19H25N7O/c1-12(2)23-17-18-22-11-16(26(18)10-9-20-17)15-7-8-21-19(25-15)24-13-3-5-14(27)6-4-13/h7-14,27H,3-6H2,1-2H3,(H,20,23)(H,21,24,25). The number of aromatic nitrogens is 5. The topological polar surface area (TPSA) is 100 Å². The van der Waals surface area contributed by atoms with E-state index in [-0.39, 0.29) is 12.1 Å². The number of anilines is 2. The molecular formula is C19H25N7O. The van der Waals surface area contributed by atoms with Crippen molar-refractivity contribution >= 4 is 17.4 Å². The first-order valence-corrected chi connectivity index (χ1v) is 9.47. The van der Waals surface area contributed by atoms with Gasteiger partial charge in [-0.05, 0) is 45.6 Å². The van der Waals surface area contributed by atoms with Gasteiger partial charge < -0.3 is 15.7 Å². The number of aliphatic hydroxyl groups is 1. The monoisotopic (exact) mass is 367 g/mol. The normalized spacial score (nSPS) is 20.1. The zero-order valence-electron chi connectivity index (χ0n) is 15.6. The van der Waals surface area contributed by atoms with E-state index >= 15 is 0 Å². The zero-order chi connectivity index (χ0) is 18.8. The third-order valence-electron chi connectivity index (χ3n) is 4.80. The van der Waals surface area contributed by atoms with Crippen molar-refractivity contribution in [1.29, 1.82) is 0 Å². The van der Waals surface area contributed by atoms with E-state index in [2.05, 4.69) is 44.4 Å². The Hall–Kier alpha value is -2.74. The summed E-state index contributed by atoms with van der Waals surface area (Å²) in [6, 6.07) is 2.46. The molecule has 1 saturated carbocycles. The summed E-state index contributed by atoms with van der Waals surface area (Å²) in [5.74, 6) is 1.37. The summed E-state index contributed by atoms with van der Waals surface area (Å²) in [6.45, 7) is 4.14. The smallest absolute Gasteiger partial charge is 0.223 e. The molecule has 0 aromatic carbocycles. The third kappa shape index (κ3) is 3.85. The second-order valence-corrected chi connectivity index (χ2v) is 7.33. The van der Waals surface area contributed by atoms with Crippen molar-refractivity contribution in [2.75, 3.05) is 10.6 Å². The van der Waals surface area contributed by atoms with Gasteiger partial charge in [0.25, 0.3) is 0 Å². The summed E-state index contributed by atoms with van der Waals surface area (Å²) in [7, 11) is 0. The molecule has 8 nitrogen and oxygen atoms in total. The molecule has 8 heteroatoms. The minimum absolute atomic E-state index is 0.171. The number of hydrogen-bond donors (Lipinski definition) is 3. The fraction of sp³-hybridized carbons (Fsp3) is 0.474. The van der Waals surface area contributed by atoms with Crippen LogP contribution in [0.3, 0.4) is 0 Å². The maximum atomic E-state index is 9.66. The quantitative estimate of drug-likeness (QED) is 0.637. The molecule has 3 aromatic rings. The Morgan fingerprint density at radius 3 is 2.70 bits per heavy atom. The largest absolute Gasteiger partial charge is 0.393 e. The molecule has 0 spiro atoms. The first kappa shape index (κ1) is 17.7. The van der Waals surface area contributed by atoms with Gasteiger partial charge >= 0.3 is 0 Å². The molecule has 0 saturated heterocycles. The van der Waals surface area contributed by atoms with E-state index in [1.807, 2.05) is 22.9 Å². The van der Waals surface area contributed by atoms with Crippen LogP contribution >= 0.6 is 0 Å². The van der Waals surface area contributed by atoms with Crippen molar-refractivity contribution in [3.05, 3.63) is 30.9 Å². The molecule has 0 amide bonds. The van der Waals surface area contributed by atoms with E-state index in [4.69, 9.17) is 0 Å². The van der Waals surface area contributed by atoms with Crippen LogP contribution in [-0.2, 0) is 0 Å². The van der Waals surface area contributed by atoms with Gasteiger partial charge in [0.2, 0.25) is 5.95 Å². The van der Waals surface area contributed by atoms with Gasteiger partial charge in [-0.15, -0.1) is 0 Å². The second-order valence-electron chi connectivity index (χ2n) is 7.33. The lowest BCUT2D eigenvalue weighted by atomic mass is 9.93. The lowest BCUT2D eigenvalue weighted by Crippen LogP contribution is -2.28. The molecule has 4 rings (SSSR count). The highest BCUT2D eigenvalue weighted by molar-refractivity contribution is 5.69. The van der Waals surface area contributed by atoms with Crippen LogP contribution in [0.1, 0.15) is 39.5 Å². The first-order chi connectivity index (χ1) is 13.1. The second kappa shape index (κ2) is 7.48. The Kier molecular flexibility index (Phi) is 4.89. The zero-order valence-corrected chi connectivity index (χ0v) is 15.6. The minimum atomic E-state index is -0.171. The van der Waals surface area contributed by atoms with Crippen LogP contribution in [0.5, 0.6) is 0 Å². The first-order valence-electron chi connectivity index (χ1n) is 9.47. The Morgan fingerprint density at radius 2 is 1.93 bits per heavy atom. The van der Waals surface area contributed by atoms with Gasteiger partial charge in [-0.25, -0.2) is 19.9 Å². The number of rotatable bonds is 5. The van der Waals surface area contributed by atoms with E-state index in [9.17, 15) is 5.11 Å². The van der Waals surface area contributed by atoms with E-state index in [1.165, 1.54) is 0 Å². The SMILES string of the molecule is CC(C)Nc1nccn2c(-c3ccnc(NC4CCC(O)CC4)n3)cnc12. The summed E-state index contributed by atoms with van der Waals surface area (Å²) >= 11 is 0. The summed E-state index contributed by atoms with van der Waals surface area (Å²) in [5, 5.41) is 16.4. The van der Waals surface area contributed by atoms with Crippen LogP contribution in [0.25, 0.3) is 17.0 Å². The van der Waals surface area contributed by atoms with Crippen molar-refractivity contribution in [3.63, 3.8) is 0 Å². The van der Waals surface area contributed by atoms with Crippen molar-refractivity contribution in [1.82, 2.24) is 24.3 Å². The van der Waals surface area contributed by atoms with E-state index in [0.29, 0.717) is 12.0 Å². The van der Waals surface area contributed by atoms with E-state index < -0.39 is 0 Å². The van der Waals surface area contributed by atoms with Crippen LogP contribution in [0.4, 0.5) is 11.8 Å². The van der Waals surface area contributed by atoms with E-state index in [1.54, 1.807) is 12.4 Å². The molecule has 142 valence electrons. The fourth-order valence-electron chi connectivity index (χ4n) is 3.46. The minimum Gasteiger partial charge on any atom is -0.393 e. The molecule has 1 fully saturated rings. The van der Waals surface area contributed by atoms with Gasteiger partial charge in [-0.2, -0.15) is 0 Å². The third-order valence-corrected chi connectivity index (χ3v) is 4.80. The molecule has 27 heavy (non-hydrogen) atoms. The highest BCUT2D eigenvalue weighted by atomic mass is 16.3. The van der Waals surface area contributed by atoms with Crippen molar-refractivity contribution in [2.24, 2.45) is 0 Å². The number of imidazole rings is 1. The molecule has 0 bridgehead atoms. The van der Waals surface area contributed by atoms with Crippen LogP contribution < -0.4 is 10.6 Å². The molecule has 3 N–H and O–H groups in total. The van der Waals surface area contributed by atoms with Crippen LogP contribution in [0.2, 0.25) is 0 Å². The molecule has 1 aliphatic rings. The number of fused-ring (bicyclic) bond motifs is 1.